The molecule has 0 radical (unpaired) electrons. The van der Waals surface area contributed by atoms with Gasteiger partial charge in [-0.1, -0.05) is 64.9 Å². The van der Waals surface area contributed by atoms with Crippen LogP contribution in [0.5, 0.6) is 5.75 Å². The van der Waals surface area contributed by atoms with Crippen LogP contribution in [0, 0.1) is 0 Å². The zero-order valence-corrected chi connectivity index (χ0v) is 18.4. The molecule has 0 aliphatic rings. The van der Waals surface area contributed by atoms with Crippen LogP contribution in [-0.4, -0.2) is 25.7 Å². The van der Waals surface area contributed by atoms with Gasteiger partial charge in [-0.15, -0.1) is 0 Å². The maximum absolute atomic E-state index is 5.85. The minimum Gasteiger partial charge on any atom is -0.467 e. The third kappa shape index (κ3) is 6.16. The fourth-order valence-corrected chi connectivity index (χ4v) is 4.38. The van der Waals surface area contributed by atoms with E-state index in [0.29, 0.717) is 8.58 Å². The van der Waals surface area contributed by atoms with Crippen molar-refractivity contribution in [3.8, 4) is 5.75 Å². The number of para-hydroxylation sites is 1. The molecule has 0 N–H and O–H groups in total. The first-order valence-corrected chi connectivity index (χ1v) is 10.4. The molecule has 0 aromatic heterocycles. The lowest BCUT2D eigenvalue weighted by Gasteiger charge is -2.31. The molecule has 0 amide bonds. The van der Waals surface area contributed by atoms with Crippen LogP contribution < -0.4 is 10.0 Å². The van der Waals surface area contributed by atoms with Gasteiger partial charge in [-0.3, -0.25) is 4.99 Å². The van der Waals surface area contributed by atoms with Gasteiger partial charge in [-0.05, 0) is 44.1 Å². The van der Waals surface area contributed by atoms with Crippen LogP contribution in [0.2, 0.25) is 0 Å². The number of methoxy groups -OCH3 is 1. The van der Waals surface area contributed by atoms with E-state index in [0.717, 1.165) is 12.2 Å². The van der Waals surface area contributed by atoms with Crippen LogP contribution in [0.25, 0.3) is 0 Å². The van der Waals surface area contributed by atoms with Gasteiger partial charge < -0.3 is 9.47 Å². The van der Waals surface area contributed by atoms with Crippen LogP contribution >= 0.6 is 8.58 Å². The summed E-state index contributed by atoms with van der Waals surface area (Å²) in [6, 6.07) is 16.9. The summed E-state index contributed by atoms with van der Waals surface area (Å²) < 4.78 is 11.0. The zero-order chi connectivity index (χ0) is 19.9. The minimum atomic E-state index is -0.0785. The Morgan fingerprint density at radius 3 is 2.33 bits per heavy atom. The number of ether oxygens (including phenoxy) is 2. The van der Waals surface area contributed by atoms with E-state index in [1.807, 2.05) is 18.3 Å². The number of aliphatic imine (C=N–C) groups is 1. The van der Waals surface area contributed by atoms with E-state index in [2.05, 4.69) is 71.0 Å². The molecule has 2 aromatic rings. The highest BCUT2D eigenvalue weighted by atomic mass is 31.1. The van der Waals surface area contributed by atoms with Crippen LogP contribution in [0.1, 0.15) is 52.2 Å². The summed E-state index contributed by atoms with van der Waals surface area (Å²) in [6.07, 6.45) is 3.04. The molecule has 0 fully saturated rings. The molecule has 0 saturated carbocycles. The molecule has 0 heterocycles. The largest absolute Gasteiger partial charge is 0.467 e. The number of nitrogens with zero attached hydrogens (tertiary/aromatic N) is 1. The molecule has 0 spiro atoms. The normalized spacial score (nSPS) is 14.7. The van der Waals surface area contributed by atoms with Gasteiger partial charge >= 0.3 is 0 Å². The Bertz CT molecular complexity index is 767. The van der Waals surface area contributed by atoms with E-state index in [9.17, 15) is 0 Å². The molecule has 0 saturated heterocycles. The zero-order valence-electron chi connectivity index (χ0n) is 17.4. The van der Waals surface area contributed by atoms with Gasteiger partial charge in [0.15, 0.2) is 6.79 Å². The SMILES string of the molecule is CCC(C)(Pc1ccccc1C=NC(C)(C)C)c1ccccc1OCOC. The van der Waals surface area contributed by atoms with Crippen molar-refractivity contribution in [2.45, 2.75) is 51.7 Å². The molecule has 2 unspecified atom stereocenters. The third-order valence-electron chi connectivity index (χ3n) is 4.48. The van der Waals surface area contributed by atoms with Crippen molar-refractivity contribution in [2.75, 3.05) is 13.9 Å². The van der Waals surface area contributed by atoms with Gasteiger partial charge in [0.05, 0.1) is 5.54 Å². The molecule has 2 rings (SSSR count). The summed E-state index contributed by atoms with van der Waals surface area (Å²) in [5.74, 6) is 0.900. The first-order valence-electron chi connectivity index (χ1n) is 9.43. The average Bonchev–Trinajstić information content (AvgIpc) is 2.65. The van der Waals surface area contributed by atoms with Gasteiger partial charge in [-0.25, -0.2) is 0 Å². The van der Waals surface area contributed by atoms with Crippen molar-refractivity contribution in [1.29, 1.82) is 0 Å². The first kappa shape index (κ1) is 21.6. The molecular weight excluding hydrogens is 353 g/mol. The molecule has 4 heteroatoms. The summed E-state index contributed by atoms with van der Waals surface area (Å²) in [6.45, 7) is 11.2. The molecule has 2 aromatic carbocycles. The van der Waals surface area contributed by atoms with Gasteiger partial charge in [-0.2, -0.15) is 0 Å². The van der Waals surface area contributed by atoms with Crippen molar-refractivity contribution in [2.24, 2.45) is 4.99 Å². The highest BCUT2D eigenvalue weighted by Gasteiger charge is 2.29. The molecule has 2 atom stereocenters. The quantitative estimate of drug-likeness (QED) is 0.340. The van der Waals surface area contributed by atoms with E-state index < -0.39 is 0 Å². The second kappa shape index (κ2) is 9.48. The van der Waals surface area contributed by atoms with Crippen molar-refractivity contribution in [3.63, 3.8) is 0 Å². The summed E-state index contributed by atoms with van der Waals surface area (Å²) in [5.41, 5.74) is 2.34. The molecule has 0 aliphatic heterocycles. The highest BCUT2D eigenvalue weighted by Crippen LogP contribution is 2.47. The van der Waals surface area contributed by atoms with E-state index >= 15 is 0 Å². The summed E-state index contributed by atoms with van der Waals surface area (Å²) in [7, 11) is 2.25. The maximum atomic E-state index is 5.85. The second-order valence-corrected chi connectivity index (χ2v) is 9.77. The Labute approximate surface area is 166 Å². The standard InChI is InChI=1S/C23H32NO2P/c1-7-23(5,19-13-9-10-14-20(19)26-17-25-6)27-21-15-11-8-12-18(21)16-24-22(2,3)4/h8-16,27H,7,17H2,1-6H3. The summed E-state index contributed by atoms with van der Waals surface area (Å²) >= 11 is 0. The molecular formula is C23H32NO2P. The second-order valence-electron chi connectivity index (χ2n) is 7.87. The topological polar surface area (TPSA) is 30.8 Å². The van der Waals surface area contributed by atoms with Crippen molar-refractivity contribution < 1.29 is 9.47 Å². The Balaban J connectivity index is 2.39. The number of hydrogen-bond donors (Lipinski definition) is 0. The van der Waals surface area contributed by atoms with Crippen molar-refractivity contribution in [1.82, 2.24) is 0 Å². The van der Waals surface area contributed by atoms with Crippen molar-refractivity contribution >= 4 is 20.1 Å². The van der Waals surface area contributed by atoms with Crippen LogP contribution in [0.15, 0.2) is 53.5 Å². The van der Waals surface area contributed by atoms with Gasteiger partial charge in [0.2, 0.25) is 0 Å². The Hall–Kier alpha value is -1.70. The van der Waals surface area contributed by atoms with E-state index in [1.165, 1.54) is 16.4 Å². The van der Waals surface area contributed by atoms with Crippen LogP contribution in [0.3, 0.4) is 0 Å². The molecule has 146 valence electrons. The minimum absolute atomic E-state index is 0.0178. The Morgan fingerprint density at radius 2 is 1.67 bits per heavy atom. The van der Waals surface area contributed by atoms with E-state index in [-0.39, 0.29) is 17.5 Å². The lowest BCUT2D eigenvalue weighted by Crippen LogP contribution is -2.21. The smallest absolute Gasteiger partial charge is 0.188 e. The molecule has 0 bridgehead atoms. The maximum Gasteiger partial charge on any atom is 0.188 e. The molecule has 0 aliphatic carbocycles. The van der Waals surface area contributed by atoms with E-state index in [4.69, 9.17) is 14.5 Å². The Kier molecular flexibility index (Phi) is 7.59. The van der Waals surface area contributed by atoms with Crippen LogP contribution in [0.4, 0.5) is 0 Å². The van der Waals surface area contributed by atoms with E-state index in [1.54, 1.807) is 7.11 Å². The average molecular weight is 385 g/mol. The number of benzene rings is 2. The third-order valence-corrected chi connectivity index (χ3v) is 6.38. The summed E-state index contributed by atoms with van der Waals surface area (Å²) in [4.78, 5) is 4.71. The number of rotatable bonds is 8. The monoisotopic (exact) mass is 385 g/mol. The highest BCUT2D eigenvalue weighted by molar-refractivity contribution is 7.48. The predicted molar refractivity (Wildman–Crippen MR) is 118 cm³/mol. The van der Waals surface area contributed by atoms with Gasteiger partial charge in [0, 0.05) is 24.0 Å². The van der Waals surface area contributed by atoms with Gasteiger partial charge in [0.1, 0.15) is 5.75 Å². The van der Waals surface area contributed by atoms with Gasteiger partial charge in [0.25, 0.3) is 0 Å². The number of hydrogen-bond acceptors (Lipinski definition) is 3. The Morgan fingerprint density at radius 1 is 1.00 bits per heavy atom. The lowest BCUT2D eigenvalue weighted by molar-refractivity contribution is 0.0500. The predicted octanol–water partition coefficient (Wildman–Crippen LogP) is 5.52. The molecule has 27 heavy (non-hydrogen) atoms. The van der Waals surface area contributed by atoms with Crippen LogP contribution in [-0.2, 0) is 9.89 Å². The molecule has 3 nitrogen and oxygen atoms in total. The lowest BCUT2D eigenvalue weighted by atomic mass is 9.96. The first-order chi connectivity index (χ1) is 12.8. The van der Waals surface area contributed by atoms with Crippen molar-refractivity contribution in [3.05, 3.63) is 59.7 Å². The fourth-order valence-electron chi connectivity index (χ4n) is 2.80. The fraction of sp³-hybridized carbons (Fsp3) is 0.435. The summed E-state index contributed by atoms with van der Waals surface area (Å²) in [5, 5.41) is 1.31.